The van der Waals surface area contributed by atoms with Crippen LogP contribution in [0.15, 0.2) is 12.3 Å². The summed E-state index contributed by atoms with van der Waals surface area (Å²) in [4.78, 5) is 8.55. The molecule has 2 heterocycles. The standard InChI is InChI=1S/C11H15N5/c1-7-8(2)15-16(9(7)3)11-13-5-4-10(6-12)14-11/h4-5H,6,12H2,1-3H3. The quantitative estimate of drug-likeness (QED) is 0.816. The Morgan fingerprint density at radius 3 is 2.62 bits per heavy atom. The number of nitrogens with two attached hydrogens (primary N) is 1. The van der Waals surface area contributed by atoms with Crippen molar-refractivity contribution >= 4 is 0 Å². The number of rotatable bonds is 2. The third-order valence-electron chi connectivity index (χ3n) is 2.75. The molecule has 16 heavy (non-hydrogen) atoms. The van der Waals surface area contributed by atoms with Crippen LogP contribution in [0, 0.1) is 20.8 Å². The Bertz CT molecular complexity index is 515. The second kappa shape index (κ2) is 4.02. The van der Waals surface area contributed by atoms with E-state index in [1.807, 2.05) is 26.8 Å². The van der Waals surface area contributed by atoms with Crippen molar-refractivity contribution in [3.8, 4) is 5.95 Å². The summed E-state index contributed by atoms with van der Waals surface area (Å²) in [5.41, 5.74) is 9.59. The van der Waals surface area contributed by atoms with Gasteiger partial charge in [-0.05, 0) is 32.4 Å². The van der Waals surface area contributed by atoms with Crippen LogP contribution in [-0.2, 0) is 6.54 Å². The van der Waals surface area contributed by atoms with Gasteiger partial charge >= 0.3 is 0 Å². The molecule has 2 rings (SSSR count). The van der Waals surface area contributed by atoms with Gasteiger partial charge in [0.25, 0.3) is 5.95 Å². The fraction of sp³-hybridized carbons (Fsp3) is 0.364. The number of hydrogen-bond donors (Lipinski definition) is 1. The minimum atomic E-state index is 0.411. The lowest BCUT2D eigenvalue weighted by atomic mass is 10.2. The molecule has 0 aliphatic heterocycles. The second-order valence-electron chi connectivity index (χ2n) is 3.76. The van der Waals surface area contributed by atoms with E-state index in [0.717, 1.165) is 17.1 Å². The fourth-order valence-corrected chi connectivity index (χ4v) is 1.52. The van der Waals surface area contributed by atoms with E-state index >= 15 is 0 Å². The molecule has 0 bridgehead atoms. The average molecular weight is 217 g/mol. The highest BCUT2D eigenvalue weighted by Gasteiger charge is 2.10. The van der Waals surface area contributed by atoms with Gasteiger partial charge in [0.2, 0.25) is 0 Å². The van der Waals surface area contributed by atoms with E-state index in [0.29, 0.717) is 12.5 Å². The Balaban J connectivity index is 2.54. The topological polar surface area (TPSA) is 69.6 Å². The molecule has 0 radical (unpaired) electrons. The minimum absolute atomic E-state index is 0.411. The zero-order valence-electron chi connectivity index (χ0n) is 9.73. The van der Waals surface area contributed by atoms with Gasteiger partial charge in [0.15, 0.2) is 0 Å². The van der Waals surface area contributed by atoms with Crippen LogP contribution in [0.25, 0.3) is 5.95 Å². The van der Waals surface area contributed by atoms with Crippen LogP contribution in [0.3, 0.4) is 0 Å². The Morgan fingerprint density at radius 2 is 2.06 bits per heavy atom. The van der Waals surface area contributed by atoms with Gasteiger partial charge in [-0.25, -0.2) is 14.6 Å². The Labute approximate surface area is 94.3 Å². The molecular weight excluding hydrogens is 202 g/mol. The fourth-order valence-electron chi connectivity index (χ4n) is 1.52. The van der Waals surface area contributed by atoms with E-state index in [4.69, 9.17) is 5.73 Å². The largest absolute Gasteiger partial charge is 0.325 e. The van der Waals surface area contributed by atoms with Gasteiger partial charge < -0.3 is 5.73 Å². The average Bonchev–Trinajstić information content (AvgIpc) is 2.57. The molecule has 0 spiro atoms. The lowest BCUT2D eigenvalue weighted by molar-refractivity contribution is 0.760. The molecular formula is C11H15N5. The maximum absolute atomic E-state index is 5.55. The first-order chi connectivity index (χ1) is 7.63. The summed E-state index contributed by atoms with van der Waals surface area (Å²) in [5.74, 6) is 0.580. The number of aromatic nitrogens is 4. The maximum Gasteiger partial charge on any atom is 0.251 e. The highest BCUT2D eigenvalue weighted by molar-refractivity contribution is 5.28. The van der Waals surface area contributed by atoms with Gasteiger partial charge in [0, 0.05) is 18.4 Å². The van der Waals surface area contributed by atoms with Crippen LogP contribution in [-0.4, -0.2) is 19.7 Å². The van der Waals surface area contributed by atoms with Gasteiger partial charge in [-0.15, -0.1) is 0 Å². The van der Waals surface area contributed by atoms with E-state index in [1.165, 1.54) is 5.56 Å². The molecule has 0 fully saturated rings. The molecule has 0 aromatic carbocycles. The molecule has 5 nitrogen and oxygen atoms in total. The van der Waals surface area contributed by atoms with Crippen molar-refractivity contribution in [2.24, 2.45) is 5.73 Å². The SMILES string of the molecule is Cc1nn(-c2nccc(CN)n2)c(C)c1C. The second-order valence-corrected chi connectivity index (χ2v) is 3.76. The predicted octanol–water partition coefficient (Wildman–Crippen LogP) is 1.05. The maximum atomic E-state index is 5.55. The predicted molar refractivity (Wildman–Crippen MR) is 61.3 cm³/mol. The summed E-state index contributed by atoms with van der Waals surface area (Å²) in [5, 5.41) is 4.41. The molecule has 0 saturated carbocycles. The van der Waals surface area contributed by atoms with Crippen molar-refractivity contribution in [2.45, 2.75) is 27.3 Å². The smallest absolute Gasteiger partial charge is 0.251 e. The molecule has 0 unspecified atom stereocenters. The highest BCUT2D eigenvalue weighted by Crippen LogP contribution is 2.13. The van der Waals surface area contributed by atoms with E-state index in [2.05, 4.69) is 15.1 Å². The first-order valence-corrected chi connectivity index (χ1v) is 5.18. The van der Waals surface area contributed by atoms with Gasteiger partial charge in [-0.1, -0.05) is 0 Å². The summed E-state index contributed by atoms with van der Waals surface area (Å²) >= 11 is 0. The lowest BCUT2D eigenvalue weighted by Crippen LogP contribution is -2.08. The molecule has 0 aliphatic rings. The van der Waals surface area contributed by atoms with Crippen molar-refractivity contribution in [3.05, 3.63) is 34.9 Å². The first kappa shape index (κ1) is 10.8. The van der Waals surface area contributed by atoms with Gasteiger partial charge in [0.1, 0.15) is 0 Å². The summed E-state index contributed by atoms with van der Waals surface area (Å²) in [7, 11) is 0. The van der Waals surface area contributed by atoms with Crippen molar-refractivity contribution in [3.63, 3.8) is 0 Å². The van der Waals surface area contributed by atoms with E-state index in [1.54, 1.807) is 10.9 Å². The Hall–Kier alpha value is -1.75. The van der Waals surface area contributed by atoms with Crippen LogP contribution < -0.4 is 5.73 Å². The molecule has 2 N–H and O–H groups in total. The van der Waals surface area contributed by atoms with Crippen LogP contribution in [0.4, 0.5) is 0 Å². The van der Waals surface area contributed by atoms with Crippen LogP contribution in [0.2, 0.25) is 0 Å². The van der Waals surface area contributed by atoms with Crippen LogP contribution in [0.5, 0.6) is 0 Å². The van der Waals surface area contributed by atoms with Crippen LogP contribution in [0.1, 0.15) is 22.6 Å². The molecule has 5 heteroatoms. The molecule has 0 amide bonds. The van der Waals surface area contributed by atoms with E-state index < -0.39 is 0 Å². The zero-order valence-corrected chi connectivity index (χ0v) is 9.73. The molecule has 0 aliphatic carbocycles. The van der Waals surface area contributed by atoms with E-state index in [-0.39, 0.29) is 0 Å². The summed E-state index contributed by atoms with van der Waals surface area (Å²) in [6.45, 7) is 6.44. The first-order valence-electron chi connectivity index (χ1n) is 5.18. The zero-order chi connectivity index (χ0) is 11.7. The highest BCUT2D eigenvalue weighted by atomic mass is 15.4. The molecule has 0 atom stereocenters. The number of aryl methyl sites for hydroxylation is 1. The Kier molecular flexibility index (Phi) is 2.70. The monoisotopic (exact) mass is 217 g/mol. The summed E-state index contributed by atoms with van der Waals surface area (Å²) in [6.07, 6.45) is 1.70. The van der Waals surface area contributed by atoms with Crippen LogP contribution >= 0.6 is 0 Å². The third-order valence-corrected chi connectivity index (χ3v) is 2.75. The van der Waals surface area contributed by atoms with Gasteiger partial charge in [0.05, 0.1) is 11.4 Å². The molecule has 2 aromatic heterocycles. The van der Waals surface area contributed by atoms with Crippen molar-refractivity contribution in [1.29, 1.82) is 0 Å². The third kappa shape index (κ3) is 1.69. The normalized spacial score (nSPS) is 10.8. The van der Waals surface area contributed by atoms with Gasteiger partial charge in [-0.3, -0.25) is 0 Å². The lowest BCUT2D eigenvalue weighted by Gasteiger charge is -2.03. The van der Waals surface area contributed by atoms with Gasteiger partial charge in [-0.2, -0.15) is 5.10 Å². The van der Waals surface area contributed by atoms with E-state index in [9.17, 15) is 0 Å². The molecule has 0 saturated heterocycles. The molecule has 84 valence electrons. The summed E-state index contributed by atoms with van der Waals surface area (Å²) < 4.78 is 1.75. The Morgan fingerprint density at radius 1 is 1.31 bits per heavy atom. The number of hydrogen-bond acceptors (Lipinski definition) is 4. The van der Waals surface area contributed by atoms with Crippen molar-refractivity contribution in [2.75, 3.05) is 0 Å². The number of nitrogens with zero attached hydrogens (tertiary/aromatic N) is 4. The van der Waals surface area contributed by atoms with Crippen molar-refractivity contribution in [1.82, 2.24) is 19.7 Å². The molecule has 2 aromatic rings. The minimum Gasteiger partial charge on any atom is -0.325 e. The van der Waals surface area contributed by atoms with Crippen molar-refractivity contribution < 1.29 is 0 Å². The summed E-state index contributed by atoms with van der Waals surface area (Å²) in [6, 6.07) is 1.81.